The average molecular weight is 217 g/mol. The Morgan fingerprint density at radius 1 is 1.12 bits per heavy atom. The van der Waals surface area contributed by atoms with Crippen LogP contribution in [-0.2, 0) is 0 Å². The van der Waals surface area contributed by atoms with E-state index in [1.165, 1.54) is 0 Å². The van der Waals surface area contributed by atoms with E-state index in [9.17, 15) is 4.79 Å². The molecule has 0 aromatic heterocycles. The summed E-state index contributed by atoms with van der Waals surface area (Å²) in [6.45, 7) is 0. The molecule has 0 spiro atoms. The number of rotatable bonds is 3. The first-order chi connectivity index (χ1) is 7.81. The van der Waals surface area contributed by atoms with Crippen molar-refractivity contribution in [3.63, 3.8) is 0 Å². The zero-order chi connectivity index (χ0) is 11.4. The predicted octanol–water partition coefficient (Wildman–Crippen LogP) is 2.65. The first-order valence-electron chi connectivity index (χ1n) is 6.08. The molecule has 86 valence electrons. The molecule has 1 aromatic carbocycles. The second kappa shape index (κ2) is 5.26. The van der Waals surface area contributed by atoms with Crippen LogP contribution < -0.4 is 5.32 Å². The summed E-state index contributed by atoms with van der Waals surface area (Å²) in [6, 6.07) is 10.3. The standard InChI is InChI=1S/C14H19NO/c1-15-13-9-7-12(8-10-13)14(16)11-5-3-2-4-6-11/h2-6,12-13,15H,7-10H2,1H3/t12-,13+. The molecule has 1 fully saturated rings. The number of hydrogen-bond acceptors (Lipinski definition) is 2. The van der Waals surface area contributed by atoms with Crippen LogP contribution >= 0.6 is 0 Å². The molecule has 0 aliphatic heterocycles. The SMILES string of the molecule is CN[C@H]1CC[C@@H](C(=O)c2ccccc2)CC1. The summed E-state index contributed by atoms with van der Waals surface area (Å²) in [6.07, 6.45) is 4.30. The first kappa shape index (κ1) is 11.3. The monoisotopic (exact) mass is 217 g/mol. The summed E-state index contributed by atoms with van der Waals surface area (Å²) in [4.78, 5) is 12.2. The smallest absolute Gasteiger partial charge is 0.165 e. The fourth-order valence-corrected chi connectivity index (χ4v) is 2.48. The summed E-state index contributed by atoms with van der Waals surface area (Å²) in [5.74, 6) is 0.571. The number of Topliss-reactive ketones (excluding diaryl/α,β-unsaturated/α-hetero) is 1. The quantitative estimate of drug-likeness (QED) is 0.789. The molecule has 0 heterocycles. The van der Waals surface area contributed by atoms with E-state index >= 15 is 0 Å². The van der Waals surface area contributed by atoms with Crippen molar-refractivity contribution >= 4 is 5.78 Å². The molecule has 0 atom stereocenters. The van der Waals surface area contributed by atoms with Gasteiger partial charge in [-0.05, 0) is 32.7 Å². The zero-order valence-electron chi connectivity index (χ0n) is 9.78. The van der Waals surface area contributed by atoms with Crippen molar-refractivity contribution in [3.8, 4) is 0 Å². The Hall–Kier alpha value is -1.15. The summed E-state index contributed by atoms with van der Waals surface area (Å²) < 4.78 is 0. The Morgan fingerprint density at radius 2 is 1.75 bits per heavy atom. The van der Waals surface area contributed by atoms with E-state index in [0.29, 0.717) is 11.8 Å². The van der Waals surface area contributed by atoms with Gasteiger partial charge in [0.15, 0.2) is 5.78 Å². The highest BCUT2D eigenvalue weighted by Crippen LogP contribution is 2.27. The molecule has 2 nitrogen and oxygen atoms in total. The van der Waals surface area contributed by atoms with Gasteiger partial charge in [0, 0.05) is 17.5 Å². The molecule has 1 saturated carbocycles. The largest absolute Gasteiger partial charge is 0.317 e. The van der Waals surface area contributed by atoms with Crippen LogP contribution in [0.2, 0.25) is 0 Å². The van der Waals surface area contributed by atoms with E-state index < -0.39 is 0 Å². The number of carbonyl (C=O) groups is 1. The van der Waals surface area contributed by atoms with E-state index in [0.717, 1.165) is 31.2 Å². The molecular weight excluding hydrogens is 198 g/mol. The normalized spacial score (nSPS) is 25.3. The predicted molar refractivity (Wildman–Crippen MR) is 65.6 cm³/mol. The van der Waals surface area contributed by atoms with Crippen LogP contribution in [0.5, 0.6) is 0 Å². The van der Waals surface area contributed by atoms with E-state index in [1.807, 2.05) is 37.4 Å². The third-order valence-corrected chi connectivity index (χ3v) is 3.56. The van der Waals surface area contributed by atoms with Gasteiger partial charge in [0.05, 0.1) is 0 Å². The highest BCUT2D eigenvalue weighted by atomic mass is 16.1. The maximum atomic E-state index is 12.2. The average Bonchev–Trinajstić information content (AvgIpc) is 2.39. The zero-order valence-corrected chi connectivity index (χ0v) is 9.78. The molecule has 1 aromatic rings. The first-order valence-corrected chi connectivity index (χ1v) is 6.08. The number of nitrogens with one attached hydrogen (secondary N) is 1. The Balaban J connectivity index is 1.97. The van der Waals surface area contributed by atoms with Gasteiger partial charge in [0.1, 0.15) is 0 Å². The minimum Gasteiger partial charge on any atom is -0.317 e. The van der Waals surface area contributed by atoms with E-state index in [4.69, 9.17) is 0 Å². The summed E-state index contributed by atoms with van der Waals surface area (Å²) in [5.41, 5.74) is 0.871. The van der Waals surface area contributed by atoms with Crippen LogP contribution in [0.3, 0.4) is 0 Å². The van der Waals surface area contributed by atoms with Gasteiger partial charge in [0.2, 0.25) is 0 Å². The van der Waals surface area contributed by atoms with Gasteiger partial charge < -0.3 is 5.32 Å². The topological polar surface area (TPSA) is 29.1 Å². The van der Waals surface area contributed by atoms with Crippen molar-refractivity contribution in [2.24, 2.45) is 5.92 Å². The lowest BCUT2D eigenvalue weighted by Gasteiger charge is -2.27. The lowest BCUT2D eigenvalue weighted by atomic mass is 9.81. The Bertz CT molecular complexity index is 339. The molecule has 1 aliphatic rings. The van der Waals surface area contributed by atoms with Gasteiger partial charge in [0.25, 0.3) is 0 Å². The Morgan fingerprint density at radius 3 is 2.31 bits per heavy atom. The highest BCUT2D eigenvalue weighted by Gasteiger charge is 2.25. The van der Waals surface area contributed by atoms with Gasteiger partial charge in [-0.15, -0.1) is 0 Å². The molecule has 0 bridgehead atoms. The summed E-state index contributed by atoms with van der Waals surface area (Å²) in [7, 11) is 2.00. The fraction of sp³-hybridized carbons (Fsp3) is 0.500. The van der Waals surface area contributed by atoms with Crippen molar-refractivity contribution in [1.82, 2.24) is 5.32 Å². The van der Waals surface area contributed by atoms with Crippen LogP contribution in [0.15, 0.2) is 30.3 Å². The van der Waals surface area contributed by atoms with Gasteiger partial charge in [-0.3, -0.25) is 4.79 Å². The number of ketones is 1. The molecule has 2 rings (SSSR count). The van der Waals surface area contributed by atoms with Crippen molar-refractivity contribution in [2.45, 2.75) is 31.7 Å². The molecule has 1 aliphatic carbocycles. The van der Waals surface area contributed by atoms with E-state index in [-0.39, 0.29) is 5.92 Å². The van der Waals surface area contributed by atoms with Crippen molar-refractivity contribution in [3.05, 3.63) is 35.9 Å². The third kappa shape index (κ3) is 2.50. The molecule has 2 heteroatoms. The highest BCUT2D eigenvalue weighted by molar-refractivity contribution is 5.97. The fourth-order valence-electron chi connectivity index (χ4n) is 2.48. The molecule has 0 saturated heterocycles. The Kier molecular flexibility index (Phi) is 3.73. The van der Waals surface area contributed by atoms with Crippen LogP contribution in [0.25, 0.3) is 0 Å². The number of carbonyl (C=O) groups excluding carboxylic acids is 1. The minimum atomic E-state index is 0.243. The number of hydrogen-bond donors (Lipinski definition) is 1. The van der Waals surface area contributed by atoms with Gasteiger partial charge in [-0.25, -0.2) is 0 Å². The van der Waals surface area contributed by atoms with Gasteiger partial charge >= 0.3 is 0 Å². The maximum absolute atomic E-state index is 12.2. The number of benzene rings is 1. The second-order valence-electron chi connectivity index (χ2n) is 4.57. The Labute approximate surface area is 97.1 Å². The molecule has 0 unspecified atom stereocenters. The van der Waals surface area contributed by atoms with Gasteiger partial charge in [-0.2, -0.15) is 0 Å². The molecule has 16 heavy (non-hydrogen) atoms. The van der Waals surface area contributed by atoms with Crippen LogP contribution in [0.4, 0.5) is 0 Å². The van der Waals surface area contributed by atoms with Crippen LogP contribution in [0, 0.1) is 5.92 Å². The summed E-state index contributed by atoms with van der Waals surface area (Å²) >= 11 is 0. The maximum Gasteiger partial charge on any atom is 0.165 e. The van der Waals surface area contributed by atoms with Crippen molar-refractivity contribution in [2.75, 3.05) is 7.05 Å². The van der Waals surface area contributed by atoms with Crippen molar-refractivity contribution < 1.29 is 4.79 Å². The minimum absolute atomic E-state index is 0.243. The second-order valence-corrected chi connectivity index (χ2v) is 4.57. The van der Waals surface area contributed by atoms with E-state index in [1.54, 1.807) is 0 Å². The third-order valence-electron chi connectivity index (χ3n) is 3.56. The van der Waals surface area contributed by atoms with E-state index in [2.05, 4.69) is 5.32 Å². The lowest BCUT2D eigenvalue weighted by Crippen LogP contribution is -2.32. The molecule has 1 N–H and O–H groups in total. The molecule has 0 radical (unpaired) electrons. The lowest BCUT2D eigenvalue weighted by molar-refractivity contribution is 0.0881. The summed E-state index contributed by atoms with van der Waals surface area (Å²) in [5, 5.41) is 3.29. The van der Waals surface area contributed by atoms with Crippen molar-refractivity contribution in [1.29, 1.82) is 0 Å². The molecule has 0 amide bonds. The van der Waals surface area contributed by atoms with Gasteiger partial charge in [-0.1, -0.05) is 30.3 Å². The van der Waals surface area contributed by atoms with Crippen LogP contribution in [-0.4, -0.2) is 18.9 Å². The van der Waals surface area contributed by atoms with Crippen LogP contribution in [0.1, 0.15) is 36.0 Å². The molecular formula is C14H19NO.